The van der Waals surface area contributed by atoms with Gasteiger partial charge in [0.1, 0.15) is 6.04 Å². The summed E-state index contributed by atoms with van der Waals surface area (Å²) < 4.78 is 4.76. The molecule has 0 bridgehead atoms. The number of unbranched alkanes of at least 4 members (excludes halogenated alkanes) is 1. The average Bonchev–Trinajstić information content (AvgIpc) is 3.25. The third kappa shape index (κ3) is 4.37. The maximum atomic E-state index is 14.2. The van der Waals surface area contributed by atoms with Crippen molar-refractivity contribution in [1.29, 1.82) is 0 Å². The highest BCUT2D eigenvalue weighted by molar-refractivity contribution is 8.02. The Morgan fingerprint density at radius 1 is 1.08 bits per heavy atom. The number of halogens is 1. The Hall–Kier alpha value is -2.29. The normalized spacial score (nSPS) is 33.0. The summed E-state index contributed by atoms with van der Waals surface area (Å²) in [6.07, 6.45) is 11.8. The summed E-state index contributed by atoms with van der Waals surface area (Å²) in [5.74, 6) is -2.05. The molecule has 2 saturated heterocycles. The van der Waals surface area contributed by atoms with Gasteiger partial charge < -0.3 is 19.6 Å². The van der Waals surface area contributed by atoms with E-state index < -0.39 is 22.6 Å². The van der Waals surface area contributed by atoms with E-state index in [1.54, 1.807) is 45.8 Å². The number of likely N-dealkylation sites (tertiary alicyclic amines) is 1. The monoisotopic (exact) mass is 530 g/mol. The zero-order valence-corrected chi connectivity index (χ0v) is 21.6. The summed E-state index contributed by atoms with van der Waals surface area (Å²) in [7, 11) is 0. The van der Waals surface area contributed by atoms with E-state index in [1.807, 2.05) is 18.2 Å². The molecule has 2 amide bonds. The number of benzene rings is 1. The molecule has 1 N–H and O–H groups in total. The Bertz CT molecular complexity index is 1080. The predicted octanol–water partition coefficient (Wildman–Crippen LogP) is 3.60. The fourth-order valence-corrected chi connectivity index (χ4v) is 8.03. The second kappa shape index (κ2) is 10.6. The highest BCUT2D eigenvalue weighted by Crippen LogP contribution is 2.60. The van der Waals surface area contributed by atoms with Crippen molar-refractivity contribution in [3.63, 3.8) is 0 Å². The Morgan fingerprint density at radius 2 is 1.89 bits per heavy atom. The molecule has 4 heterocycles. The largest absolute Gasteiger partial charge is 0.465 e. The number of allylic oxidation sites excluding steroid dienone is 1. The standard InChI is InChI=1S/C27H31ClN2O5S/c28-18-9-11-19(12-10-18)29-15-7-13-27-22(24(32)30(14-4-5-16-31)23(27)25(29)33)21-20(36-27)8-3-1-2-6-17-35-26(21)34/h3,7-13,20-23,31H,1-2,4-6,14-17H2/b8-3-/t20-,21+,22+,23?,27+/m1/s1. The van der Waals surface area contributed by atoms with E-state index >= 15 is 0 Å². The van der Waals surface area contributed by atoms with Crippen molar-refractivity contribution in [2.45, 2.75) is 48.1 Å². The van der Waals surface area contributed by atoms with Crippen molar-refractivity contribution in [3.8, 4) is 0 Å². The zero-order valence-electron chi connectivity index (χ0n) is 20.1. The SMILES string of the molecule is O=C1OCCCC/C=C\[C@H]2S[C@]34C=CCN(c5ccc(Cl)cc5)C(=O)C3N(CCCCO)C(=O)[C@@H]4[C@@H]12. The Labute approximate surface area is 220 Å². The second-order valence-electron chi connectivity index (χ2n) is 9.72. The van der Waals surface area contributed by atoms with Gasteiger partial charge in [0.25, 0.3) is 5.91 Å². The lowest BCUT2D eigenvalue weighted by Gasteiger charge is -2.35. The number of fused-ring (bicyclic) bond motifs is 2. The molecule has 4 aliphatic rings. The minimum Gasteiger partial charge on any atom is -0.465 e. The minimum absolute atomic E-state index is 0.0165. The molecule has 1 unspecified atom stereocenters. The number of aliphatic hydroxyl groups excluding tert-OH is 1. The van der Waals surface area contributed by atoms with Crippen LogP contribution in [0.15, 0.2) is 48.6 Å². The molecule has 0 aliphatic carbocycles. The van der Waals surface area contributed by atoms with E-state index in [1.165, 1.54) is 0 Å². The molecular weight excluding hydrogens is 500 g/mol. The molecule has 36 heavy (non-hydrogen) atoms. The van der Waals surface area contributed by atoms with Crippen LogP contribution in [0.25, 0.3) is 0 Å². The number of ether oxygens (including phenoxy) is 1. The fraction of sp³-hybridized carbons (Fsp3) is 0.519. The zero-order chi connectivity index (χ0) is 25.3. The van der Waals surface area contributed by atoms with Crippen LogP contribution in [0.2, 0.25) is 5.02 Å². The molecular formula is C27H31ClN2O5S. The summed E-state index contributed by atoms with van der Waals surface area (Å²) in [5.41, 5.74) is 0.707. The van der Waals surface area contributed by atoms with Gasteiger partial charge in [-0.05, 0) is 56.4 Å². The lowest BCUT2D eigenvalue weighted by Crippen LogP contribution is -2.53. The van der Waals surface area contributed by atoms with Crippen LogP contribution in [0.3, 0.4) is 0 Å². The third-order valence-electron chi connectivity index (χ3n) is 7.55. The summed E-state index contributed by atoms with van der Waals surface area (Å²) in [6.45, 7) is 1.07. The van der Waals surface area contributed by atoms with Crippen molar-refractivity contribution in [2.75, 3.05) is 31.2 Å². The van der Waals surface area contributed by atoms with E-state index in [9.17, 15) is 19.5 Å². The molecule has 7 nitrogen and oxygen atoms in total. The maximum Gasteiger partial charge on any atom is 0.311 e. The van der Waals surface area contributed by atoms with E-state index in [4.69, 9.17) is 16.3 Å². The Kier molecular flexibility index (Phi) is 7.47. The summed E-state index contributed by atoms with van der Waals surface area (Å²) in [4.78, 5) is 44.9. The maximum absolute atomic E-state index is 14.2. The van der Waals surface area contributed by atoms with Gasteiger partial charge in [-0.25, -0.2) is 0 Å². The van der Waals surface area contributed by atoms with Crippen molar-refractivity contribution in [2.24, 2.45) is 11.8 Å². The number of hydrogen-bond acceptors (Lipinski definition) is 6. The summed E-state index contributed by atoms with van der Waals surface area (Å²) in [5, 5.41) is 9.67. The van der Waals surface area contributed by atoms with Gasteiger partial charge in [-0.2, -0.15) is 0 Å². The summed E-state index contributed by atoms with van der Waals surface area (Å²) in [6, 6.07) is 6.34. The Morgan fingerprint density at radius 3 is 2.67 bits per heavy atom. The van der Waals surface area contributed by atoms with Gasteiger partial charge in [-0.15, -0.1) is 11.8 Å². The molecule has 192 valence electrons. The van der Waals surface area contributed by atoms with Crippen LogP contribution in [-0.2, 0) is 19.1 Å². The first kappa shape index (κ1) is 25.4. The molecule has 9 heteroatoms. The number of nitrogens with zero attached hydrogens (tertiary/aromatic N) is 2. The minimum atomic E-state index is -0.874. The first-order valence-electron chi connectivity index (χ1n) is 12.6. The number of rotatable bonds is 5. The van der Waals surface area contributed by atoms with Crippen molar-refractivity contribution in [3.05, 3.63) is 53.6 Å². The van der Waals surface area contributed by atoms with Crippen LogP contribution in [0.4, 0.5) is 5.69 Å². The van der Waals surface area contributed by atoms with Gasteiger partial charge in [0.05, 0.1) is 23.2 Å². The van der Waals surface area contributed by atoms with E-state index in [0.717, 1.165) is 19.3 Å². The number of carbonyl (C=O) groups is 3. The summed E-state index contributed by atoms with van der Waals surface area (Å²) >= 11 is 7.63. The number of amides is 2. The third-order valence-corrected chi connectivity index (χ3v) is 9.54. The molecule has 5 atom stereocenters. The number of aliphatic hydroxyl groups is 1. The molecule has 2 fully saturated rings. The predicted molar refractivity (Wildman–Crippen MR) is 140 cm³/mol. The highest BCUT2D eigenvalue weighted by atomic mass is 35.5. The number of esters is 1. The molecule has 1 aromatic rings. The average molecular weight is 531 g/mol. The van der Waals surface area contributed by atoms with Crippen molar-refractivity contribution >= 4 is 46.8 Å². The van der Waals surface area contributed by atoms with E-state index in [0.29, 0.717) is 43.2 Å². The van der Waals surface area contributed by atoms with Crippen LogP contribution in [-0.4, -0.2) is 70.1 Å². The van der Waals surface area contributed by atoms with Gasteiger partial charge in [-0.3, -0.25) is 14.4 Å². The number of cyclic esters (lactones) is 1. The molecule has 0 saturated carbocycles. The van der Waals surface area contributed by atoms with Crippen LogP contribution < -0.4 is 4.90 Å². The van der Waals surface area contributed by atoms with Gasteiger partial charge in [-0.1, -0.05) is 35.9 Å². The van der Waals surface area contributed by atoms with Gasteiger partial charge in [0.15, 0.2) is 0 Å². The van der Waals surface area contributed by atoms with Gasteiger partial charge >= 0.3 is 5.97 Å². The molecule has 4 aliphatic heterocycles. The number of hydrogen-bond donors (Lipinski definition) is 1. The molecule has 1 aromatic carbocycles. The number of anilines is 1. The molecule has 0 aromatic heterocycles. The first-order valence-corrected chi connectivity index (χ1v) is 13.9. The van der Waals surface area contributed by atoms with Gasteiger partial charge in [0.2, 0.25) is 5.91 Å². The molecule has 1 spiro atoms. The Balaban J connectivity index is 1.58. The highest BCUT2D eigenvalue weighted by Gasteiger charge is 2.70. The topological polar surface area (TPSA) is 87.2 Å². The van der Waals surface area contributed by atoms with Gasteiger partial charge in [0, 0.05) is 35.7 Å². The second-order valence-corrected chi connectivity index (χ2v) is 11.6. The molecule has 0 radical (unpaired) electrons. The van der Waals surface area contributed by atoms with Crippen molar-refractivity contribution in [1.82, 2.24) is 4.90 Å². The fourth-order valence-electron chi connectivity index (χ4n) is 5.90. The van der Waals surface area contributed by atoms with Crippen molar-refractivity contribution < 1.29 is 24.2 Å². The molecule has 5 rings (SSSR count). The number of thioether (sulfide) groups is 1. The van der Waals surface area contributed by atoms with Crippen LogP contribution in [0, 0.1) is 11.8 Å². The first-order chi connectivity index (χ1) is 17.5. The van der Waals surface area contributed by atoms with E-state index in [-0.39, 0.29) is 29.6 Å². The quantitative estimate of drug-likeness (QED) is 0.355. The van der Waals surface area contributed by atoms with Crippen LogP contribution >= 0.6 is 23.4 Å². The number of carbonyl (C=O) groups excluding carboxylic acids is 3. The lowest BCUT2D eigenvalue weighted by molar-refractivity contribution is -0.153. The lowest BCUT2D eigenvalue weighted by atomic mass is 9.78. The van der Waals surface area contributed by atoms with Crippen LogP contribution in [0.5, 0.6) is 0 Å². The van der Waals surface area contributed by atoms with E-state index in [2.05, 4.69) is 6.08 Å². The van der Waals surface area contributed by atoms with Crippen LogP contribution in [0.1, 0.15) is 32.1 Å². The smallest absolute Gasteiger partial charge is 0.311 e.